The molecule has 0 saturated heterocycles. The van der Waals surface area contributed by atoms with Gasteiger partial charge in [-0.2, -0.15) is 0 Å². The van der Waals surface area contributed by atoms with Gasteiger partial charge in [0.2, 0.25) is 0 Å². The van der Waals surface area contributed by atoms with E-state index < -0.39 is 0 Å². The Balaban J connectivity index is 2.23. The van der Waals surface area contributed by atoms with Gasteiger partial charge in [-0.15, -0.1) is 10.2 Å². The van der Waals surface area contributed by atoms with Gasteiger partial charge in [0.1, 0.15) is 0 Å². The molecule has 2 rings (SSSR count). The Bertz CT molecular complexity index is 517. The standard InChI is InChI=1S/C13H13Cl2N3/c1-2-10(9-6-4-3-5-7-9)16-11-8-12(14)17-18-13(11)15/h3-8,10H,2H2,1H3,(H,16,17). The SMILES string of the molecule is CCC(Nc1cc(Cl)nnc1Cl)c1ccccc1. The number of nitrogens with one attached hydrogen (secondary N) is 1. The van der Waals surface area contributed by atoms with Crippen molar-refractivity contribution in [1.82, 2.24) is 10.2 Å². The Labute approximate surface area is 116 Å². The summed E-state index contributed by atoms with van der Waals surface area (Å²) in [6, 6.07) is 12.0. The van der Waals surface area contributed by atoms with E-state index in [4.69, 9.17) is 23.2 Å². The van der Waals surface area contributed by atoms with Gasteiger partial charge in [-0.05, 0) is 12.0 Å². The highest BCUT2D eigenvalue weighted by Crippen LogP contribution is 2.27. The molecule has 1 N–H and O–H groups in total. The van der Waals surface area contributed by atoms with Crippen molar-refractivity contribution < 1.29 is 0 Å². The Morgan fingerprint density at radius 1 is 1.17 bits per heavy atom. The molecule has 1 aromatic heterocycles. The Kier molecular flexibility index (Phi) is 4.39. The molecule has 0 saturated carbocycles. The van der Waals surface area contributed by atoms with Crippen molar-refractivity contribution in [2.45, 2.75) is 19.4 Å². The number of hydrogen-bond acceptors (Lipinski definition) is 3. The Morgan fingerprint density at radius 3 is 2.56 bits per heavy atom. The first kappa shape index (κ1) is 13.1. The Morgan fingerprint density at radius 2 is 1.89 bits per heavy atom. The number of benzene rings is 1. The maximum atomic E-state index is 5.99. The van der Waals surface area contributed by atoms with Gasteiger partial charge in [0.25, 0.3) is 0 Å². The van der Waals surface area contributed by atoms with Crippen LogP contribution in [-0.2, 0) is 0 Å². The number of anilines is 1. The zero-order valence-corrected chi connectivity index (χ0v) is 11.4. The summed E-state index contributed by atoms with van der Waals surface area (Å²) in [5.74, 6) is 0. The summed E-state index contributed by atoms with van der Waals surface area (Å²) >= 11 is 11.8. The van der Waals surface area contributed by atoms with Crippen molar-refractivity contribution in [2.24, 2.45) is 0 Å². The van der Waals surface area contributed by atoms with Crippen molar-refractivity contribution in [3.8, 4) is 0 Å². The van der Waals surface area contributed by atoms with Gasteiger partial charge in [0, 0.05) is 6.07 Å². The molecule has 0 aliphatic rings. The van der Waals surface area contributed by atoms with Crippen LogP contribution in [0.4, 0.5) is 5.69 Å². The lowest BCUT2D eigenvalue weighted by molar-refractivity contribution is 0.747. The summed E-state index contributed by atoms with van der Waals surface area (Å²) in [6.07, 6.45) is 0.931. The van der Waals surface area contributed by atoms with E-state index in [1.165, 1.54) is 5.56 Å². The molecule has 3 nitrogen and oxygen atoms in total. The average Bonchev–Trinajstić information content (AvgIpc) is 2.41. The van der Waals surface area contributed by atoms with E-state index in [1.54, 1.807) is 6.07 Å². The zero-order chi connectivity index (χ0) is 13.0. The second-order valence-electron chi connectivity index (χ2n) is 3.89. The van der Waals surface area contributed by atoms with Crippen molar-refractivity contribution in [3.63, 3.8) is 0 Å². The molecule has 1 unspecified atom stereocenters. The molecule has 18 heavy (non-hydrogen) atoms. The zero-order valence-electron chi connectivity index (χ0n) is 9.90. The third-order valence-electron chi connectivity index (χ3n) is 2.66. The minimum atomic E-state index is 0.170. The van der Waals surface area contributed by atoms with E-state index >= 15 is 0 Å². The predicted octanol–water partition coefficient (Wildman–Crippen LogP) is 4.35. The molecule has 2 aromatic rings. The second-order valence-corrected chi connectivity index (χ2v) is 4.63. The van der Waals surface area contributed by atoms with E-state index in [-0.39, 0.29) is 6.04 Å². The summed E-state index contributed by atoms with van der Waals surface area (Å²) in [5.41, 5.74) is 1.90. The van der Waals surface area contributed by atoms with Crippen LogP contribution < -0.4 is 5.32 Å². The van der Waals surface area contributed by atoms with E-state index in [0.29, 0.717) is 16.0 Å². The van der Waals surface area contributed by atoms with Crippen LogP contribution in [0, 0.1) is 0 Å². The second kappa shape index (κ2) is 6.03. The topological polar surface area (TPSA) is 37.8 Å². The van der Waals surface area contributed by atoms with Crippen LogP contribution in [0.25, 0.3) is 0 Å². The van der Waals surface area contributed by atoms with Gasteiger partial charge >= 0.3 is 0 Å². The van der Waals surface area contributed by atoms with Crippen molar-refractivity contribution in [1.29, 1.82) is 0 Å². The van der Waals surface area contributed by atoms with Gasteiger partial charge in [0.15, 0.2) is 10.3 Å². The van der Waals surface area contributed by atoms with Crippen LogP contribution in [-0.4, -0.2) is 10.2 Å². The molecule has 0 aliphatic carbocycles. The predicted molar refractivity (Wildman–Crippen MR) is 75.1 cm³/mol. The molecule has 0 radical (unpaired) electrons. The summed E-state index contributed by atoms with van der Waals surface area (Å²) in [7, 11) is 0. The average molecular weight is 282 g/mol. The van der Waals surface area contributed by atoms with E-state index in [1.807, 2.05) is 18.2 Å². The number of halogens is 2. The highest BCUT2D eigenvalue weighted by atomic mass is 35.5. The number of rotatable bonds is 4. The third kappa shape index (κ3) is 3.12. The van der Waals surface area contributed by atoms with Crippen LogP contribution in [0.1, 0.15) is 24.9 Å². The third-order valence-corrected chi connectivity index (χ3v) is 3.12. The van der Waals surface area contributed by atoms with Gasteiger partial charge in [-0.25, -0.2) is 0 Å². The fraction of sp³-hybridized carbons (Fsp3) is 0.231. The van der Waals surface area contributed by atoms with Crippen LogP contribution in [0.15, 0.2) is 36.4 Å². The molecular weight excluding hydrogens is 269 g/mol. The molecular formula is C13H13Cl2N3. The van der Waals surface area contributed by atoms with Gasteiger partial charge < -0.3 is 5.32 Å². The molecule has 0 fully saturated rings. The first-order chi connectivity index (χ1) is 8.70. The lowest BCUT2D eigenvalue weighted by Crippen LogP contribution is -2.10. The number of aromatic nitrogens is 2. The summed E-state index contributed by atoms with van der Waals surface area (Å²) in [5, 5.41) is 11.5. The van der Waals surface area contributed by atoms with Gasteiger partial charge in [0.05, 0.1) is 11.7 Å². The minimum absolute atomic E-state index is 0.170. The highest BCUT2D eigenvalue weighted by Gasteiger charge is 2.12. The minimum Gasteiger partial charge on any atom is -0.376 e. The van der Waals surface area contributed by atoms with Crippen LogP contribution in [0.5, 0.6) is 0 Å². The van der Waals surface area contributed by atoms with Gasteiger partial charge in [-0.3, -0.25) is 0 Å². The molecule has 0 spiro atoms. The molecule has 0 bridgehead atoms. The van der Waals surface area contributed by atoms with E-state index in [2.05, 4.69) is 34.6 Å². The number of nitrogens with zero attached hydrogens (tertiary/aromatic N) is 2. The quantitative estimate of drug-likeness (QED) is 0.906. The Hall–Kier alpha value is -1.32. The molecule has 94 valence electrons. The van der Waals surface area contributed by atoms with Crippen molar-refractivity contribution >= 4 is 28.9 Å². The van der Waals surface area contributed by atoms with Crippen molar-refractivity contribution in [3.05, 3.63) is 52.3 Å². The fourth-order valence-electron chi connectivity index (χ4n) is 1.75. The normalized spacial score (nSPS) is 12.2. The molecule has 5 heteroatoms. The monoisotopic (exact) mass is 281 g/mol. The van der Waals surface area contributed by atoms with Crippen molar-refractivity contribution in [2.75, 3.05) is 5.32 Å². The first-order valence-electron chi connectivity index (χ1n) is 5.71. The maximum Gasteiger partial charge on any atom is 0.174 e. The largest absolute Gasteiger partial charge is 0.376 e. The summed E-state index contributed by atoms with van der Waals surface area (Å²) in [4.78, 5) is 0. The van der Waals surface area contributed by atoms with Crippen LogP contribution >= 0.6 is 23.2 Å². The van der Waals surface area contributed by atoms with Crippen LogP contribution in [0.2, 0.25) is 10.3 Å². The molecule has 1 heterocycles. The first-order valence-corrected chi connectivity index (χ1v) is 6.46. The summed E-state index contributed by atoms with van der Waals surface area (Å²) in [6.45, 7) is 2.11. The maximum absolute atomic E-state index is 5.99. The molecule has 0 aliphatic heterocycles. The molecule has 0 amide bonds. The lowest BCUT2D eigenvalue weighted by Gasteiger charge is -2.19. The highest BCUT2D eigenvalue weighted by molar-refractivity contribution is 6.33. The van der Waals surface area contributed by atoms with E-state index in [9.17, 15) is 0 Å². The van der Waals surface area contributed by atoms with Crippen LogP contribution in [0.3, 0.4) is 0 Å². The summed E-state index contributed by atoms with van der Waals surface area (Å²) < 4.78 is 0. The smallest absolute Gasteiger partial charge is 0.174 e. The van der Waals surface area contributed by atoms with Gasteiger partial charge in [-0.1, -0.05) is 60.5 Å². The fourth-order valence-corrected chi connectivity index (χ4v) is 2.04. The molecule has 1 aromatic carbocycles. The molecule has 1 atom stereocenters. The number of hydrogen-bond donors (Lipinski definition) is 1. The van der Waals surface area contributed by atoms with E-state index in [0.717, 1.165) is 6.42 Å². The lowest BCUT2D eigenvalue weighted by atomic mass is 10.0.